The van der Waals surface area contributed by atoms with Crippen molar-refractivity contribution in [1.82, 2.24) is 0 Å². The van der Waals surface area contributed by atoms with Gasteiger partial charge < -0.3 is 10.1 Å². The largest absolute Gasteiger partial charge is 0.465 e. The zero-order valence-corrected chi connectivity index (χ0v) is 17.6. The van der Waals surface area contributed by atoms with Crippen LogP contribution in [0.3, 0.4) is 0 Å². The van der Waals surface area contributed by atoms with Crippen LogP contribution in [0.25, 0.3) is 11.1 Å². The third-order valence-corrected chi connectivity index (χ3v) is 5.84. The van der Waals surface area contributed by atoms with Crippen molar-refractivity contribution in [1.29, 1.82) is 0 Å². The summed E-state index contributed by atoms with van der Waals surface area (Å²) in [5.41, 5.74) is 4.78. The molecule has 0 fully saturated rings. The summed E-state index contributed by atoms with van der Waals surface area (Å²) in [5.74, 6) is -0.820. The zero-order chi connectivity index (χ0) is 20.4. The monoisotopic (exact) mass is 413 g/mol. The molecule has 2 aromatic carbocycles. The number of amides is 1. The molecule has 144 valence electrons. The first-order valence-corrected chi connectivity index (χ1v) is 9.87. The van der Waals surface area contributed by atoms with Crippen LogP contribution in [0.4, 0.5) is 5.00 Å². The van der Waals surface area contributed by atoms with Crippen molar-refractivity contribution < 1.29 is 14.3 Å². The molecule has 0 unspecified atom stereocenters. The van der Waals surface area contributed by atoms with Gasteiger partial charge in [-0.2, -0.15) is 0 Å². The summed E-state index contributed by atoms with van der Waals surface area (Å²) in [6.07, 6.45) is 0. The third-order valence-electron chi connectivity index (χ3n) is 4.58. The van der Waals surface area contributed by atoms with Crippen LogP contribution < -0.4 is 5.32 Å². The number of carbonyl (C=O) groups is 2. The van der Waals surface area contributed by atoms with Crippen molar-refractivity contribution in [3.8, 4) is 11.1 Å². The lowest BCUT2D eigenvalue weighted by molar-refractivity contribution is 0.0603. The van der Waals surface area contributed by atoms with Gasteiger partial charge in [-0.15, -0.1) is 11.3 Å². The minimum absolute atomic E-state index is 0.333. The molecule has 0 bridgehead atoms. The quantitative estimate of drug-likeness (QED) is 0.531. The van der Waals surface area contributed by atoms with E-state index >= 15 is 0 Å². The van der Waals surface area contributed by atoms with Gasteiger partial charge in [0.2, 0.25) is 0 Å². The third kappa shape index (κ3) is 3.96. The Bertz CT molecular complexity index is 1070. The van der Waals surface area contributed by atoms with E-state index in [0.29, 0.717) is 21.2 Å². The maximum atomic E-state index is 12.7. The number of carbonyl (C=O) groups excluding carboxylic acids is 2. The second-order valence-electron chi connectivity index (χ2n) is 6.49. The fraction of sp³-hybridized carbons (Fsp3) is 0.182. The van der Waals surface area contributed by atoms with Gasteiger partial charge in [0.05, 0.1) is 7.11 Å². The van der Waals surface area contributed by atoms with Gasteiger partial charge in [-0.25, -0.2) is 4.79 Å². The number of halogens is 1. The first kappa shape index (κ1) is 20.1. The van der Waals surface area contributed by atoms with Gasteiger partial charge in [-0.05, 0) is 55.7 Å². The number of ether oxygens (including phenoxy) is 1. The molecule has 1 heterocycles. The summed E-state index contributed by atoms with van der Waals surface area (Å²) in [6.45, 7) is 5.99. The van der Waals surface area contributed by atoms with Crippen LogP contribution in [0.5, 0.6) is 0 Å². The molecule has 0 radical (unpaired) electrons. The fourth-order valence-corrected chi connectivity index (χ4v) is 4.23. The Morgan fingerprint density at radius 1 is 1.04 bits per heavy atom. The summed E-state index contributed by atoms with van der Waals surface area (Å²) < 4.78 is 5.01. The second kappa shape index (κ2) is 8.17. The molecule has 1 aromatic heterocycles. The summed E-state index contributed by atoms with van der Waals surface area (Å²) in [4.78, 5) is 26.2. The highest BCUT2D eigenvalue weighted by Gasteiger charge is 2.25. The molecule has 0 aliphatic heterocycles. The minimum atomic E-state index is -0.487. The highest BCUT2D eigenvalue weighted by Crippen LogP contribution is 2.41. The maximum Gasteiger partial charge on any atom is 0.341 e. The number of hydrogen-bond donors (Lipinski definition) is 1. The summed E-state index contributed by atoms with van der Waals surface area (Å²) in [6, 6.07) is 12.7. The molecule has 1 N–H and O–H groups in total. The smallest absolute Gasteiger partial charge is 0.341 e. The molecule has 3 aromatic rings. The van der Waals surface area contributed by atoms with Crippen LogP contribution in [0.15, 0.2) is 42.5 Å². The van der Waals surface area contributed by atoms with Crippen molar-refractivity contribution in [2.24, 2.45) is 0 Å². The Morgan fingerprint density at radius 3 is 2.43 bits per heavy atom. The van der Waals surface area contributed by atoms with Gasteiger partial charge in [-0.3, -0.25) is 4.79 Å². The number of methoxy groups -OCH3 is 1. The standard InChI is InChI=1S/C22H20ClNO3S/c1-12-8-9-15(10-13(12)2)18-14(3)28-21(19(18)22(26)27-4)24-20(25)16-6-5-7-17(23)11-16/h5-11H,1-4H3,(H,24,25). The molecule has 1 amide bonds. The van der Waals surface area contributed by atoms with E-state index in [2.05, 4.69) is 5.32 Å². The van der Waals surface area contributed by atoms with Gasteiger partial charge in [0.1, 0.15) is 10.6 Å². The van der Waals surface area contributed by atoms with Crippen molar-refractivity contribution in [3.63, 3.8) is 0 Å². The lowest BCUT2D eigenvalue weighted by Gasteiger charge is -2.10. The number of benzene rings is 2. The van der Waals surface area contributed by atoms with E-state index in [9.17, 15) is 9.59 Å². The Balaban J connectivity index is 2.08. The van der Waals surface area contributed by atoms with Gasteiger partial charge in [0, 0.05) is 21.0 Å². The fourth-order valence-electron chi connectivity index (χ4n) is 2.98. The average Bonchev–Trinajstić information content (AvgIpc) is 2.99. The van der Waals surface area contributed by atoms with E-state index in [1.165, 1.54) is 24.0 Å². The molecule has 0 atom stereocenters. The zero-order valence-electron chi connectivity index (χ0n) is 16.1. The maximum absolute atomic E-state index is 12.7. The highest BCUT2D eigenvalue weighted by atomic mass is 35.5. The second-order valence-corrected chi connectivity index (χ2v) is 8.15. The van der Waals surface area contributed by atoms with Crippen LogP contribution in [0, 0.1) is 20.8 Å². The van der Waals surface area contributed by atoms with Crippen molar-refractivity contribution in [3.05, 3.63) is 74.6 Å². The number of anilines is 1. The van der Waals surface area contributed by atoms with E-state index in [0.717, 1.165) is 21.6 Å². The molecule has 0 saturated heterocycles. The van der Waals surface area contributed by atoms with Crippen molar-refractivity contribution in [2.75, 3.05) is 12.4 Å². The van der Waals surface area contributed by atoms with Gasteiger partial charge >= 0.3 is 5.97 Å². The predicted octanol–water partition coefficient (Wildman–Crippen LogP) is 6.03. The predicted molar refractivity (Wildman–Crippen MR) is 115 cm³/mol. The molecule has 3 rings (SSSR count). The molecule has 0 spiro atoms. The summed E-state index contributed by atoms with van der Waals surface area (Å²) >= 11 is 7.33. The summed E-state index contributed by atoms with van der Waals surface area (Å²) in [5, 5.41) is 3.78. The van der Waals surface area contributed by atoms with Gasteiger partial charge in [-0.1, -0.05) is 35.9 Å². The topological polar surface area (TPSA) is 55.4 Å². The first-order valence-electron chi connectivity index (χ1n) is 8.68. The Morgan fingerprint density at radius 2 is 1.79 bits per heavy atom. The average molecular weight is 414 g/mol. The van der Waals surface area contributed by atoms with Crippen molar-refractivity contribution >= 4 is 39.8 Å². The van der Waals surface area contributed by atoms with Crippen LogP contribution in [0.1, 0.15) is 36.7 Å². The molecule has 6 heteroatoms. The van der Waals surface area contributed by atoms with Crippen LogP contribution >= 0.6 is 22.9 Å². The Labute approximate surface area is 173 Å². The van der Waals surface area contributed by atoms with Crippen LogP contribution in [-0.4, -0.2) is 19.0 Å². The molecule has 28 heavy (non-hydrogen) atoms. The van der Waals surface area contributed by atoms with E-state index < -0.39 is 5.97 Å². The molecular formula is C22H20ClNO3S. The number of rotatable bonds is 4. The molecule has 4 nitrogen and oxygen atoms in total. The van der Waals surface area contributed by atoms with Crippen LogP contribution in [0.2, 0.25) is 5.02 Å². The number of nitrogens with one attached hydrogen (secondary N) is 1. The van der Waals surface area contributed by atoms with E-state index in [1.807, 2.05) is 39.0 Å². The normalized spacial score (nSPS) is 10.6. The Hall–Kier alpha value is -2.63. The SMILES string of the molecule is COC(=O)c1c(NC(=O)c2cccc(Cl)c2)sc(C)c1-c1ccc(C)c(C)c1. The lowest BCUT2D eigenvalue weighted by Crippen LogP contribution is -2.14. The summed E-state index contributed by atoms with van der Waals surface area (Å²) in [7, 11) is 1.34. The minimum Gasteiger partial charge on any atom is -0.465 e. The van der Waals surface area contributed by atoms with E-state index in [4.69, 9.17) is 16.3 Å². The van der Waals surface area contributed by atoms with E-state index in [1.54, 1.807) is 24.3 Å². The number of thiophene rings is 1. The van der Waals surface area contributed by atoms with Gasteiger partial charge in [0.15, 0.2) is 0 Å². The Kier molecular flexibility index (Phi) is 5.87. The van der Waals surface area contributed by atoms with E-state index in [-0.39, 0.29) is 5.91 Å². The molecule has 0 aliphatic rings. The van der Waals surface area contributed by atoms with Crippen molar-refractivity contribution in [2.45, 2.75) is 20.8 Å². The van der Waals surface area contributed by atoms with Crippen LogP contribution in [-0.2, 0) is 4.74 Å². The highest BCUT2D eigenvalue weighted by molar-refractivity contribution is 7.17. The lowest BCUT2D eigenvalue weighted by atomic mass is 9.97. The first-order chi connectivity index (χ1) is 13.3. The molecular weight excluding hydrogens is 394 g/mol. The molecule has 0 aliphatic carbocycles. The number of esters is 1. The van der Waals surface area contributed by atoms with Gasteiger partial charge in [0.25, 0.3) is 5.91 Å². The molecule has 0 saturated carbocycles. The number of hydrogen-bond acceptors (Lipinski definition) is 4. The number of aryl methyl sites for hydroxylation is 3.